The second-order valence-corrected chi connectivity index (χ2v) is 11.1. The van der Waals surface area contributed by atoms with Crippen LogP contribution in [0.4, 0.5) is 4.39 Å². The predicted octanol–water partition coefficient (Wildman–Crippen LogP) is 4.13. The first-order valence-electron chi connectivity index (χ1n) is 14.9. The number of hydrogen-bond donors (Lipinski definition) is 1. The molecule has 0 unspecified atom stereocenters. The summed E-state index contributed by atoms with van der Waals surface area (Å²) in [6.07, 6.45) is 5.15. The lowest BCUT2D eigenvalue weighted by Gasteiger charge is -2.26. The van der Waals surface area contributed by atoms with Crippen LogP contribution in [0.3, 0.4) is 0 Å². The first kappa shape index (κ1) is 31.3. The van der Waals surface area contributed by atoms with Gasteiger partial charge in [-0.25, -0.2) is 4.39 Å². The number of benzene rings is 2. The Balaban J connectivity index is 1.13. The van der Waals surface area contributed by atoms with Gasteiger partial charge in [0, 0.05) is 49.8 Å². The lowest BCUT2D eigenvalue weighted by atomic mass is 9.92. The van der Waals surface area contributed by atoms with Gasteiger partial charge in [0.2, 0.25) is 5.91 Å². The van der Waals surface area contributed by atoms with Gasteiger partial charge in [0.1, 0.15) is 5.82 Å². The average molecular weight is 568 g/mol. The molecule has 0 radical (unpaired) electrons. The third-order valence-electron chi connectivity index (χ3n) is 8.22. The molecule has 4 rings (SSSR count). The highest BCUT2D eigenvalue weighted by molar-refractivity contribution is 5.86. The van der Waals surface area contributed by atoms with Gasteiger partial charge >= 0.3 is 0 Å². The van der Waals surface area contributed by atoms with Crippen molar-refractivity contribution >= 4 is 5.91 Å². The molecule has 1 fully saturated rings. The van der Waals surface area contributed by atoms with Gasteiger partial charge < -0.3 is 24.4 Å². The zero-order valence-corrected chi connectivity index (χ0v) is 24.7. The molecule has 41 heavy (non-hydrogen) atoms. The van der Waals surface area contributed by atoms with Crippen molar-refractivity contribution < 1.29 is 23.4 Å². The fourth-order valence-electron chi connectivity index (χ4n) is 6.07. The van der Waals surface area contributed by atoms with E-state index in [0.717, 1.165) is 44.3 Å². The van der Waals surface area contributed by atoms with Crippen molar-refractivity contribution in [2.45, 2.75) is 43.7 Å². The van der Waals surface area contributed by atoms with E-state index in [1.54, 1.807) is 6.07 Å². The maximum Gasteiger partial charge on any atom is 0.243 e. The van der Waals surface area contributed by atoms with E-state index in [9.17, 15) is 9.18 Å². The number of halogens is 1. The molecule has 7 nitrogen and oxygen atoms in total. The predicted molar refractivity (Wildman–Crippen MR) is 160 cm³/mol. The lowest BCUT2D eigenvalue weighted by molar-refractivity contribution is -0.116. The normalized spacial score (nSPS) is 20.4. The molecule has 8 heteroatoms. The van der Waals surface area contributed by atoms with Crippen LogP contribution in [-0.2, 0) is 31.8 Å². The fraction of sp³-hybridized carbons (Fsp3) is 0.545. The van der Waals surface area contributed by atoms with Crippen molar-refractivity contribution in [3.05, 3.63) is 83.2 Å². The van der Waals surface area contributed by atoms with Crippen LogP contribution in [0.1, 0.15) is 47.1 Å². The number of likely N-dealkylation sites (tertiary alicyclic amines) is 1. The first-order valence-corrected chi connectivity index (χ1v) is 14.9. The van der Waals surface area contributed by atoms with Crippen LogP contribution >= 0.6 is 0 Å². The number of aryl methyl sites for hydroxylation is 2. The number of nitrogens with one attached hydrogen (secondary N) is 1. The summed E-state index contributed by atoms with van der Waals surface area (Å²) in [6, 6.07) is 15.2. The molecule has 0 aromatic heterocycles. The lowest BCUT2D eigenvalue weighted by Crippen LogP contribution is -2.35. The number of likely N-dealkylation sites (N-methyl/N-ethyl adjacent to an activating group) is 1. The quantitative estimate of drug-likeness (QED) is 0.229. The Bertz CT molecular complexity index is 1110. The van der Waals surface area contributed by atoms with Gasteiger partial charge in [-0.2, -0.15) is 0 Å². The van der Waals surface area contributed by atoms with E-state index in [-0.39, 0.29) is 17.8 Å². The Labute approximate surface area is 244 Å². The smallest absolute Gasteiger partial charge is 0.243 e. The van der Waals surface area contributed by atoms with Crippen molar-refractivity contribution in [3.63, 3.8) is 0 Å². The van der Waals surface area contributed by atoms with Gasteiger partial charge in [-0.15, -0.1) is 0 Å². The van der Waals surface area contributed by atoms with E-state index in [1.807, 2.05) is 6.07 Å². The van der Waals surface area contributed by atoms with Gasteiger partial charge in [0.05, 0.1) is 33.0 Å². The van der Waals surface area contributed by atoms with Crippen LogP contribution < -0.4 is 5.32 Å². The summed E-state index contributed by atoms with van der Waals surface area (Å²) in [6.45, 7) is 9.02. The second kappa shape index (κ2) is 16.1. The fourth-order valence-corrected chi connectivity index (χ4v) is 6.07. The number of nitrogens with zero attached hydrogens (tertiary/aromatic N) is 2. The van der Waals surface area contributed by atoms with E-state index in [1.165, 1.54) is 22.8 Å². The number of amides is 1. The molecule has 0 saturated carbocycles. The van der Waals surface area contributed by atoms with E-state index in [2.05, 4.69) is 66.1 Å². The summed E-state index contributed by atoms with van der Waals surface area (Å²) in [7, 11) is 4.32. The third-order valence-corrected chi connectivity index (χ3v) is 8.22. The number of hydrogen-bond acceptors (Lipinski definition) is 6. The minimum atomic E-state index is -0.196. The number of rotatable bonds is 17. The number of fused-ring (bicyclic) bond motifs is 1. The average Bonchev–Trinajstić information content (AvgIpc) is 3.61. The number of carbonyl (C=O) groups excluding carboxylic acids is 1. The molecule has 1 aliphatic heterocycles. The van der Waals surface area contributed by atoms with Gasteiger partial charge in [-0.1, -0.05) is 43.0 Å². The van der Waals surface area contributed by atoms with Crippen LogP contribution in [0.15, 0.2) is 55.1 Å². The molecule has 3 atom stereocenters. The highest BCUT2D eigenvalue weighted by Gasteiger charge is 2.41. The topological polar surface area (TPSA) is 63.3 Å². The molecule has 0 bridgehead atoms. The molecule has 1 aliphatic carbocycles. The molecule has 2 aromatic rings. The zero-order valence-electron chi connectivity index (χ0n) is 24.7. The highest BCUT2D eigenvalue weighted by Crippen LogP contribution is 2.42. The second-order valence-electron chi connectivity index (χ2n) is 11.1. The van der Waals surface area contributed by atoms with Crippen molar-refractivity contribution in [2.24, 2.45) is 0 Å². The molecule has 1 saturated heterocycles. The van der Waals surface area contributed by atoms with Crippen molar-refractivity contribution in [1.29, 1.82) is 0 Å². The zero-order chi connectivity index (χ0) is 29.0. The molecule has 1 amide bonds. The largest absolute Gasteiger partial charge is 0.379 e. The van der Waals surface area contributed by atoms with Crippen LogP contribution in [0.2, 0.25) is 0 Å². The third kappa shape index (κ3) is 8.93. The summed E-state index contributed by atoms with van der Waals surface area (Å²) < 4.78 is 31.4. The molecular formula is C33H46FN3O4. The molecule has 0 spiro atoms. The van der Waals surface area contributed by atoms with Gasteiger partial charge in [0.15, 0.2) is 0 Å². The van der Waals surface area contributed by atoms with Gasteiger partial charge in [0.25, 0.3) is 0 Å². The van der Waals surface area contributed by atoms with E-state index in [0.29, 0.717) is 58.1 Å². The van der Waals surface area contributed by atoms with Crippen molar-refractivity contribution in [2.75, 3.05) is 73.4 Å². The maximum atomic E-state index is 14.7. The van der Waals surface area contributed by atoms with E-state index >= 15 is 0 Å². The van der Waals surface area contributed by atoms with E-state index in [4.69, 9.17) is 14.2 Å². The molecule has 2 aliphatic rings. The Hall–Kier alpha value is -2.62. The summed E-state index contributed by atoms with van der Waals surface area (Å²) in [5.74, 6) is 0.158. The molecule has 1 heterocycles. The maximum absolute atomic E-state index is 14.7. The minimum Gasteiger partial charge on any atom is -0.379 e. The standard InChI is InChI=1S/C33H46FN3O4/c1-4-32(38)35-16-18-40-20-22-41-21-19-39-17-6-7-25-10-12-26(13-11-25)28-23-37(24-31(28)36(2)3)30-15-14-27-8-5-9-29(34)33(27)30/h4-5,8-13,28,30-31H,1,6-7,14-24H2,2-3H3,(H,35,38)/t28-,30+,31+/m1/s1. The number of carbonyl (C=O) groups is 1. The number of ether oxygens (including phenoxy) is 3. The van der Waals surface area contributed by atoms with Gasteiger partial charge in [-0.05, 0) is 68.6 Å². The monoisotopic (exact) mass is 567 g/mol. The van der Waals surface area contributed by atoms with Crippen LogP contribution in [-0.4, -0.2) is 95.1 Å². The Morgan fingerprint density at radius 1 is 1.02 bits per heavy atom. The van der Waals surface area contributed by atoms with E-state index < -0.39 is 0 Å². The summed E-state index contributed by atoms with van der Waals surface area (Å²) in [5, 5.41) is 2.65. The highest BCUT2D eigenvalue weighted by atomic mass is 19.1. The molecular weight excluding hydrogens is 521 g/mol. The van der Waals surface area contributed by atoms with Crippen LogP contribution in [0, 0.1) is 5.82 Å². The Kier molecular flexibility index (Phi) is 12.3. The van der Waals surface area contributed by atoms with Gasteiger partial charge in [-0.3, -0.25) is 9.69 Å². The minimum absolute atomic E-state index is 0.0511. The Morgan fingerprint density at radius 2 is 1.73 bits per heavy atom. The summed E-state index contributed by atoms with van der Waals surface area (Å²) in [5.41, 5.74) is 4.78. The van der Waals surface area contributed by atoms with Crippen LogP contribution in [0.5, 0.6) is 0 Å². The van der Waals surface area contributed by atoms with Crippen molar-refractivity contribution in [3.8, 4) is 0 Å². The summed E-state index contributed by atoms with van der Waals surface area (Å²) in [4.78, 5) is 15.9. The molecule has 224 valence electrons. The first-order chi connectivity index (χ1) is 20.0. The Morgan fingerprint density at radius 3 is 2.44 bits per heavy atom. The molecule has 2 aromatic carbocycles. The van der Waals surface area contributed by atoms with Crippen LogP contribution in [0.25, 0.3) is 0 Å². The van der Waals surface area contributed by atoms with Crippen molar-refractivity contribution in [1.82, 2.24) is 15.1 Å². The summed E-state index contributed by atoms with van der Waals surface area (Å²) >= 11 is 0. The molecule has 1 N–H and O–H groups in total. The SMILES string of the molecule is C=CC(=O)NCCOCCOCCOCCCc1ccc([C@H]2CN([C@H]3CCc4cccc(F)c43)C[C@@H]2N(C)C)cc1.